The maximum Gasteiger partial charge on any atom is 0.269 e. The van der Waals surface area contributed by atoms with Gasteiger partial charge in [0.05, 0.1) is 5.56 Å². The Morgan fingerprint density at radius 3 is 2.29 bits per heavy atom. The number of nitrogens with one attached hydrogen (secondary N) is 1. The van der Waals surface area contributed by atoms with Crippen molar-refractivity contribution in [2.24, 2.45) is 0 Å². The molecule has 1 aliphatic rings. The van der Waals surface area contributed by atoms with Crippen molar-refractivity contribution in [3.8, 4) is 0 Å². The summed E-state index contributed by atoms with van der Waals surface area (Å²) in [5.41, 5.74) is 0.420. The summed E-state index contributed by atoms with van der Waals surface area (Å²) in [5.74, 6) is -1.41. The van der Waals surface area contributed by atoms with Gasteiger partial charge in [0, 0.05) is 29.5 Å². The molecule has 0 aliphatic carbocycles. The van der Waals surface area contributed by atoms with Gasteiger partial charge in [0.1, 0.15) is 10.9 Å². The van der Waals surface area contributed by atoms with Crippen LogP contribution >= 0.6 is 15.9 Å². The first-order chi connectivity index (χ1) is 15.8. The van der Waals surface area contributed by atoms with Crippen LogP contribution in [0.2, 0.25) is 0 Å². The molecule has 0 radical (unpaired) electrons. The molecule has 0 fully saturated rings. The lowest BCUT2D eigenvalue weighted by Gasteiger charge is -2.32. The third-order valence-electron chi connectivity index (χ3n) is 5.37. The summed E-state index contributed by atoms with van der Waals surface area (Å²) >= 11 is 3.38. The van der Waals surface area contributed by atoms with Gasteiger partial charge in [-0.25, -0.2) is 12.7 Å². The predicted octanol–water partition coefficient (Wildman–Crippen LogP) is 3.32. The van der Waals surface area contributed by atoms with Crippen LogP contribution in [-0.2, 0) is 26.2 Å². The number of carbonyl (C=O) groups excluding carboxylic acids is 3. The Morgan fingerprint density at radius 1 is 1.09 bits per heavy atom. The molecule has 0 saturated carbocycles. The highest BCUT2D eigenvalue weighted by Gasteiger charge is 2.41. The number of halogens is 1. The Morgan fingerprint density at radius 2 is 1.71 bits per heavy atom. The predicted molar refractivity (Wildman–Crippen MR) is 131 cm³/mol. The monoisotopic (exact) mass is 549 g/mol. The summed E-state index contributed by atoms with van der Waals surface area (Å²) in [7, 11) is -4.01. The molecule has 10 heteroatoms. The molecule has 2 aromatic carbocycles. The number of fused-ring (bicyclic) bond motifs is 1. The average molecular weight is 550 g/mol. The lowest BCUT2D eigenvalue weighted by Crippen LogP contribution is -2.52. The molecule has 0 unspecified atom stereocenters. The van der Waals surface area contributed by atoms with E-state index in [1.165, 1.54) is 17.0 Å². The van der Waals surface area contributed by atoms with Crippen molar-refractivity contribution in [2.45, 2.75) is 57.1 Å². The highest BCUT2D eigenvalue weighted by molar-refractivity contribution is 9.10. The smallest absolute Gasteiger partial charge is 0.269 e. The Kier molecular flexibility index (Phi) is 7.52. The fraction of sp³-hybridized carbons (Fsp3) is 0.375. The Labute approximate surface area is 208 Å². The van der Waals surface area contributed by atoms with Gasteiger partial charge in [0.15, 0.2) is 0 Å². The summed E-state index contributed by atoms with van der Waals surface area (Å²) in [6.07, 6.45) is -0.247. The maximum atomic E-state index is 13.3. The van der Waals surface area contributed by atoms with E-state index in [0.29, 0.717) is 0 Å². The van der Waals surface area contributed by atoms with Crippen molar-refractivity contribution in [3.05, 3.63) is 64.1 Å². The van der Waals surface area contributed by atoms with Crippen LogP contribution in [-0.4, -0.2) is 53.5 Å². The highest BCUT2D eigenvalue weighted by atomic mass is 79.9. The summed E-state index contributed by atoms with van der Waals surface area (Å²) < 4.78 is 27.2. The molecule has 0 saturated heterocycles. The second-order valence-electron chi connectivity index (χ2n) is 9.19. The van der Waals surface area contributed by atoms with E-state index in [0.717, 1.165) is 14.3 Å². The number of amides is 3. The number of rotatable bonds is 7. The molecular formula is C24H28BrN3O5S. The minimum absolute atomic E-state index is 0.0582. The number of sulfonamides is 1. The SMILES string of the molecule is C[C@@H](C(=O)NC(C)(C)C)N(Cc1ccc(Br)cc1)C(=O)CCN1C(=O)c2ccccc2S1(=O)=O. The Bertz CT molecular complexity index is 1210. The number of carbonyl (C=O) groups is 3. The number of nitrogens with zero attached hydrogens (tertiary/aromatic N) is 2. The molecule has 3 rings (SSSR count). The van der Waals surface area contributed by atoms with Gasteiger partial charge in [-0.2, -0.15) is 0 Å². The first-order valence-corrected chi connectivity index (χ1v) is 13.1. The van der Waals surface area contributed by atoms with Crippen LogP contribution < -0.4 is 5.32 Å². The first-order valence-electron chi connectivity index (χ1n) is 10.8. The lowest BCUT2D eigenvalue weighted by molar-refractivity contribution is -0.141. The molecule has 1 N–H and O–H groups in total. The van der Waals surface area contributed by atoms with Gasteiger partial charge in [0.25, 0.3) is 15.9 Å². The average Bonchev–Trinajstić information content (AvgIpc) is 2.95. The van der Waals surface area contributed by atoms with Gasteiger partial charge in [-0.1, -0.05) is 40.2 Å². The van der Waals surface area contributed by atoms with E-state index >= 15 is 0 Å². The largest absolute Gasteiger partial charge is 0.350 e. The van der Waals surface area contributed by atoms with E-state index in [1.807, 2.05) is 45.0 Å². The van der Waals surface area contributed by atoms with E-state index in [9.17, 15) is 22.8 Å². The Balaban J connectivity index is 1.80. The minimum Gasteiger partial charge on any atom is -0.350 e. The molecule has 1 heterocycles. The van der Waals surface area contributed by atoms with Gasteiger partial charge in [-0.15, -0.1) is 0 Å². The highest BCUT2D eigenvalue weighted by Crippen LogP contribution is 2.30. The molecule has 34 heavy (non-hydrogen) atoms. The van der Waals surface area contributed by atoms with Crippen molar-refractivity contribution >= 4 is 43.7 Å². The van der Waals surface area contributed by atoms with E-state index in [-0.39, 0.29) is 35.9 Å². The van der Waals surface area contributed by atoms with Crippen molar-refractivity contribution in [1.82, 2.24) is 14.5 Å². The van der Waals surface area contributed by atoms with E-state index in [4.69, 9.17) is 0 Å². The topological polar surface area (TPSA) is 104 Å². The normalized spacial score (nSPS) is 15.6. The third kappa shape index (κ3) is 5.67. The van der Waals surface area contributed by atoms with Gasteiger partial charge >= 0.3 is 0 Å². The third-order valence-corrected chi connectivity index (χ3v) is 7.74. The zero-order chi connectivity index (χ0) is 25.3. The first kappa shape index (κ1) is 25.9. The lowest BCUT2D eigenvalue weighted by atomic mass is 10.1. The Hall–Kier alpha value is -2.72. The van der Waals surface area contributed by atoms with E-state index < -0.39 is 33.4 Å². The van der Waals surface area contributed by atoms with Crippen LogP contribution in [0.1, 0.15) is 50.0 Å². The van der Waals surface area contributed by atoms with Gasteiger partial charge in [-0.3, -0.25) is 14.4 Å². The maximum absolute atomic E-state index is 13.3. The zero-order valence-electron chi connectivity index (χ0n) is 19.5. The number of benzene rings is 2. The van der Waals surface area contributed by atoms with Crippen molar-refractivity contribution < 1.29 is 22.8 Å². The van der Waals surface area contributed by atoms with Gasteiger partial charge in [0.2, 0.25) is 11.8 Å². The van der Waals surface area contributed by atoms with Crippen LogP contribution in [0.3, 0.4) is 0 Å². The van der Waals surface area contributed by atoms with Crippen molar-refractivity contribution in [2.75, 3.05) is 6.54 Å². The van der Waals surface area contributed by atoms with Crippen molar-refractivity contribution in [3.63, 3.8) is 0 Å². The molecular weight excluding hydrogens is 522 g/mol. The van der Waals surface area contributed by atoms with E-state index in [1.54, 1.807) is 19.1 Å². The molecule has 1 aliphatic heterocycles. The molecule has 3 amide bonds. The van der Waals surface area contributed by atoms with Gasteiger partial charge in [-0.05, 0) is 57.5 Å². The summed E-state index contributed by atoms with van der Waals surface area (Å²) in [4.78, 5) is 40.1. The summed E-state index contributed by atoms with van der Waals surface area (Å²) in [5, 5.41) is 2.88. The molecule has 0 bridgehead atoms. The molecule has 1 atom stereocenters. The second kappa shape index (κ2) is 9.87. The van der Waals surface area contributed by atoms with Crippen molar-refractivity contribution in [1.29, 1.82) is 0 Å². The van der Waals surface area contributed by atoms with Crippen LogP contribution in [0.5, 0.6) is 0 Å². The van der Waals surface area contributed by atoms with Crippen LogP contribution in [0, 0.1) is 0 Å². The standard InChI is InChI=1S/C24H28BrN3O5S/c1-16(22(30)26-24(2,3)4)27(15-17-9-11-18(25)12-10-17)21(29)13-14-28-23(31)19-7-5-6-8-20(19)34(28,32)33/h5-12,16H,13-15H2,1-4H3,(H,26,30)/t16-/m0/s1. The summed E-state index contributed by atoms with van der Waals surface area (Å²) in [6.45, 7) is 7.02. The zero-order valence-corrected chi connectivity index (χ0v) is 21.9. The fourth-order valence-electron chi connectivity index (χ4n) is 3.64. The van der Waals surface area contributed by atoms with E-state index in [2.05, 4.69) is 21.2 Å². The molecule has 182 valence electrons. The molecule has 0 spiro atoms. The fourth-order valence-corrected chi connectivity index (χ4v) is 5.47. The number of hydrogen-bond donors (Lipinski definition) is 1. The molecule has 2 aromatic rings. The van der Waals surface area contributed by atoms with Crippen LogP contribution in [0.4, 0.5) is 0 Å². The summed E-state index contributed by atoms with van der Waals surface area (Å²) in [6, 6.07) is 12.5. The van der Waals surface area contributed by atoms with Gasteiger partial charge < -0.3 is 10.2 Å². The van der Waals surface area contributed by atoms with Crippen LogP contribution in [0.25, 0.3) is 0 Å². The molecule has 0 aromatic heterocycles. The molecule has 8 nitrogen and oxygen atoms in total. The second-order valence-corrected chi connectivity index (χ2v) is 11.9. The minimum atomic E-state index is -4.01. The quantitative estimate of drug-likeness (QED) is 0.570. The van der Waals surface area contributed by atoms with Crippen LogP contribution in [0.15, 0.2) is 57.9 Å². The number of hydrogen-bond acceptors (Lipinski definition) is 5.